The van der Waals surface area contributed by atoms with Crippen LogP contribution >= 0.6 is 0 Å². The molecule has 3 rings (SSSR count). The van der Waals surface area contributed by atoms with E-state index in [0.717, 1.165) is 21.6 Å². The van der Waals surface area contributed by atoms with Gasteiger partial charge in [-0.15, -0.1) is 0 Å². The fourth-order valence-corrected chi connectivity index (χ4v) is 2.56. The third-order valence-corrected chi connectivity index (χ3v) is 4.90. The highest BCUT2D eigenvalue weighted by molar-refractivity contribution is 7.88. The lowest BCUT2D eigenvalue weighted by atomic mass is 10.2. The molecule has 130 valence electrons. The Morgan fingerprint density at radius 3 is 2.48 bits per heavy atom. The smallest absolute Gasteiger partial charge is 0.239 e. The van der Waals surface area contributed by atoms with Crippen LogP contribution in [0.4, 0.5) is 5.69 Å². The van der Waals surface area contributed by atoms with Gasteiger partial charge in [0.15, 0.2) is 5.58 Å². The first kappa shape index (κ1) is 17.1. The Kier molecular flexibility index (Phi) is 4.56. The van der Waals surface area contributed by atoms with Crippen molar-refractivity contribution in [3.05, 3.63) is 48.5 Å². The average molecular weight is 359 g/mol. The maximum atomic E-state index is 11.9. The van der Waals surface area contributed by atoms with Gasteiger partial charge in [0.2, 0.25) is 21.8 Å². The Morgan fingerprint density at radius 2 is 1.84 bits per heavy atom. The van der Waals surface area contributed by atoms with Crippen molar-refractivity contribution >= 4 is 32.7 Å². The van der Waals surface area contributed by atoms with Gasteiger partial charge in [-0.2, -0.15) is 4.31 Å². The SMILES string of the molecule is CN(CC(=O)Nc1ccc(-c2nc3ccccc3o2)cc1)S(C)(=O)=O. The Morgan fingerprint density at radius 1 is 1.16 bits per heavy atom. The van der Waals surface area contributed by atoms with Gasteiger partial charge in [0.05, 0.1) is 12.8 Å². The number of rotatable bonds is 5. The number of hydrogen-bond donors (Lipinski definition) is 1. The van der Waals surface area contributed by atoms with Crippen molar-refractivity contribution in [1.29, 1.82) is 0 Å². The molecular formula is C17H17N3O4S. The summed E-state index contributed by atoms with van der Waals surface area (Å²) in [6, 6.07) is 14.5. The largest absolute Gasteiger partial charge is 0.436 e. The standard InChI is InChI=1S/C17H17N3O4S/c1-20(25(2,22)23)11-16(21)18-13-9-7-12(8-10-13)17-19-14-5-3-4-6-15(14)24-17/h3-10H,11H2,1-2H3,(H,18,21). The Balaban J connectivity index is 1.71. The molecule has 0 atom stereocenters. The molecule has 0 unspecified atom stereocenters. The number of anilines is 1. The number of sulfonamides is 1. The lowest BCUT2D eigenvalue weighted by Crippen LogP contribution is -2.34. The second-order valence-electron chi connectivity index (χ2n) is 5.63. The minimum absolute atomic E-state index is 0.244. The summed E-state index contributed by atoms with van der Waals surface area (Å²) in [6.45, 7) is -0.244. The summed E-state index contributed by atoms with van der Waals surface area (Å²) in [6.07, 6.45) is 1.05. The van der Waals surface area contributed by atoms with Crippen molar-refractivity contribution in [2.24, 2.45) is 0 Å². The average Bonchev–Trinajstić information content (AvgIpc) is 2.98. The molecule has 0 saturated carbocycles. The topological polar surface area (TPSA) is 92.5 Å². The molecule has 3 aromatic rings. The van der Waals surface area contributed by atoms with Gasteiger partial charge in [-0.3, -0.25) is 4.79 Å². The Bertz CT molecular complexity index is 977. The van der Waals surface area contributed by atoms with Gasteiger partial charge < -0.3 is 9.73 Å². The number of nitrogens with zero attached hydrogens (tertiary/aromatic N) is 2. The molecule has 0 saturated heterocycles. The van der Waals surface area contributed by atoms with E-state index in [0.29, 0.717) is 17.2 Å². The zero-order valence-electron chi connectivity index (χ0n) is 13.8. The molecule has 0 bridgehead atoms. The van der Waals surface area contributed by atoms with Crippen molar-refractivity contribution in [3.8, 4) is 11.5 Å². The van der Waals surface area contributed by atoms with E-state index in [1.165, 1.54) is 7.05 Å². The number of hydrogen-bond acceptors (Lipinski definition) is 5. The van der Waals surface area contributed by atoms with Crippen molar-refractivity contribution in [3.63, 3.8) is 0 Å². The number of benzene rings is 2. The van der Waals surface area contributed by atoms with Crippen LogP contribution in [-0.2, 0) is 14.8 Å². The van der Waals surface area contributed by atoms with Crippen molar-refractivity contribution in [1.82, 2.24) is 9.29 Å². The molecule has 0 aliphatic carbocycles. The van der Waals surface area contributed by atoms with Crippen LogP contribution < -0.4 is 5.32 Å². The minimum Gasteiger partial charge on any atom is -0.436 e. The molecule has 0 radical (unpaired) electrons. The van der Waals surface area contributed by atoms with E-state index in [-0.39, 0.29) is 6.54 Å². The van der Waals surface area contributed by atoms with Crippen molar-refractivity contribution in [2.75, 3.05) is 25.2 Å². The van der Waals surface area contributed by atoms with Gasteiger partial charge >= 0.3 is 0 Å². The molecule has 0 spiro atoms. The Labute approximate surface area is 145 Å². The molecule has 1 N–H and O–H groups in total. The number of likely N-dealkylation sites (N-methyl/N-ethyl adjacent to an activating group) is 1. The summed E-state index contributed by atoms with van der Waals surface area (Å²) < 4.78 is 29.3. The van der Waals surface area contributed by atoms with Gasteiger partial charge in [-0.1, -0.05) is 12.1 Å². The van der Waals surface area contributed by atoms with Crippen LogP contribution in [0.2, 0.25) is 0 Å². The first-order valence-corrected chi connectivity index (χ1v) is 9.35. The summed E-state index contributed by atoms with van der Waals surface area (Å²) >= 11 is 0. The van der Waals surface area contributed by atoms with Gasteiger partial charge in [-0.25, -0.2) is 13.4 Å². The van der Waals surface area contributed by atoms with E-state index in [4.69, 9.17) is 4.42 Å². The van der Waals surface area contributed by atoms with E-state index in [2.05, 4.69) is 10.3 Å². The van der Waals surface area contributed by atoms with Crippen LogP contribution in [0.3, 0.4) is 0 Å². The fraction of sp³-hybridized carbons (Fsp3) is 0.176. The second-order valence-corrected chi connectivity index (χ2v) is 7.72. The van der Waals surface area contributed by atoms with E-state index < -0.39 is 15.9 Å². The van der Waals surface area contributed by atoms with Crippen LogP contribution in [0, 0.1) is 0 Å². The summed E-state index contributed by atoms with van der Waals surface area (Å²) in [7, 11) is -2.04. The van der Waals surface area contributed by atoms with Crippen LogP contribution in [0.15, 0.2) is 52.9 Å². The predicted molar refractivity (Wildman–Crippen MR) is 95.5 cm³/mol. The number of para-hydroxylation sites is 2. The van der Waals surface area contributed by atoms with Gasteiger partial charge in [0.25, 0.3) is 0 Å². The molecular weight excluding hydrogens is 342 g/mol. The molecule has 8 heteroatoms. The molecule has 2 aromatic carbocycles. The van der Waals surface area contributed by atoms with Crippen LogP contribution in [0.1, 0.15) is 0 Å². The maximum absolute atomic E-state index is 11.9. The lowest BCUT2D eigenvalue weighted by molar-refractivity contribution is -0.116. The highest BCUT2D eigenvalue weighted by Gasteiger charge is 2.15. The third kappa shape index (κ3) is 4.04. The van der Waals surface area contributed by atoms with Crippen LogP contribution in [0.5, 0.6) is 0 Å². The molecule has 0 aliphatic heterocycles. The minimum atomic E-state index is -3.39. The third-order valence-electron chi connectivity index (χ3n) is 3.64. The maximum Gasteiger partial charge on any atom is 0.239 e. The number of fused-ring (bicyclic) bond motifs is 1. The lowest BCUT2D eigenvalue weighted by Gasteiger charge is -2.13. The zero-order valence-corrected chi connectivity index (χ0v) is 14.6. The first-order chi connectivity index (χ1) is 11.8. The number of carbonyl (C=O) groups is 1. The quantitative estimate of drug-likeness (QED) is 0.755. The van der Waals surface area contributed by atoms with Gasteiger partial charge in [-0.05, 0) is 36.4 Å². The number of aromatic nitrogens is 1. The first-order valence-electron chi connectivity index (χ1n) is 7.50. The summed E-state index contributed by atoms with van der Waals surface area (Å²) in [5.41, 5.74) is 2.83. The van der Waals surface area contributed by atoms with E-state index >= 15 is 0 Å². The monoisotopic (exact) mass is 359 g/mol. The number of oxazole rings is 1. The molecule has 1 aromatic heterocycles. The summed E-state index contributed by atoms with van der Waals surface area (Å²) in [5, 5.41) is 2.65. The summed E-state index contributed by atoms with van der Waals surface area (Å²) in [5.74, 6) is 0.0819. The molecule has 0 fully saturated rings. The van der Waals surface area contributed by atoms with Crippen molar-refractivity contribution in [2.45, 2.75) is 0 Å². The molecule has 1 amide bonds. The second kappa shape index (κ2) is 6.66. The Hall–Kier alpha value is -2.71. The number of amides is 1. The number of nitrogens with one attached hydrogen (secondary N) is 1. The van der Waals surface area contributed by atoms with Crippen LogP contribution in [0.25, 0.3) is 22.6 Å². The van der Waals surface area contributed by atoms with E-state index in [1.807, 2.05) is 24.3 Å². The predicted octanol–water partition coefficient (Wildman–Crippen LogP) is 2.32. The summed E-state index contributed by atoms with van der Waals surface area (Å²) in [4.78, 5) is 16.3. The molecule has 7 nitrogen and oxygen atoms in total. The van der Waals surface area contributed by atoms with E-state index in [9.17, 15) is 13.2 Å². The normalized spacial score (nSPS) is 11.8. The van der Waals surface area contributed by atoms with Gasteiger partial charge in [0.1, 0.15) is 5.52 Å². The van der Waals surface area contributed by atoms with Crippen molar-refractivity contribution < 1.29 is 17.6 Å². The van der Waals surface area contributed by atoms with Crippen LogP contribution in [-0.4, -0.2) is 43.5 Å². The fourth-order valence-electron chi connectivity index (χ4n) is 2.21. The number of carbonyl (C=O) groups excluding carboxylic acids is 1. The molecule has 0 aliphatic rings. The van der Waals surface area contributed by atoms with E-state index in [1.54, 1.807) is 24.3 Å². The highest BCUT2D eigenvalue weighted by Crippen LogP contribution is 2.25. The zero-order chi connectivity index (χ0) is 18.0. The highest BCUT2D eigenvalue weighted by atomic mass is 32.2. The molecule has 1 heterocycles. The molecule has 25 heavy (non-hydrogen) atoms. The van der Waals surface area contributed by atoms with Gasteiger partial charge in [0, 0.05) is 18.3 Å².